The molecule has 4 nitrogen and oxygen atoms in total. The Kier molecular flexibility index (Phi) is 5.02. The quantitative estimate of drug-likeness (QED) is 0.838. The zero-order valence-corrected chi connectivity index (χ0v) is 11.3. The van der Waals surface area contributed by atoms with Gasteiger partial charge in [0.15, 0.2) is 0 Å². The van der Waals surface area contributed by atoms with E-state index in [-0.39, 0.29) is 18.7 Å². The molecule has 2 rings (SSSR count). The van der Waals surface area contributed by atoms with Crippen LogP contribution in [-0.2, 0) is 6.54 Å². The molecule has 0 saturated carbocycles. The van der Waals surface area contributed by atoms with Gasteiger partial charge in [0.25, 0.3) is 5.91 Å². The van der Waals surface area contributed by atoms with Gasteiger partial charge in [-0.1, -0.05) is 17.9 Å². The molecule has 21 heavy (non-hydrogen) atoms. The Hall–Kier alpha value is -2.71. The van der Waals surface area contributed by atoms with Crippen molar-refractivity contribution in [3.05, 3.63) is 65.2 Å². The molecule has 0 saturated heterocycles. The van der Waals surface area contributed by atoms with Gasteiger partial charge in [0, 0.05) is 11.8 Å². The molecule has 106 valence electrons. The smallest absolute Gasteiger partial charge is 0.252 e. The van der Waals surface area contributed by atoms with E-state index in [0.717, 1.165) is 11.8 Å². The van der Waals surface area contributed by atoms with Crippen molar-refractivity contribution in [3.63, 3.8) is 0 Å². The maximum Gasteiger partial charge on any atom is 0.252 e. The van der Waals surface area contributed by atoms with Crippen LogP contribution in [0.15, 0.2) is 42.6 Å². The van der Waals surface area contributed by atoms with Crippen molar-refractivity contribution in [3.8, 4) is 11.8 Å². The summed E-state index contributed by atoms with van der Waals surface area (Å²) in [5.41, 5.74) is 6.66. The first kappa shape index (κ1) is 14.7. The topological polar surface area (TPSA) is 68.0 Å². The summed E-state index contributed by atoms with van der Waals surface area (Å²) in [5.74, 6) is 4.53. The highest BCUT2D eigenvalue weighted by molar-refractivity contribution is 5.96. The second-order valence-electron chi connectivity index (χ2n) is 4.20. The largest absolute Gasteiger partial charge is 0.346 e. The lowest BCUT2D eigenvalue weighted by Gasteiger charge is -2.07. The molecule has 5 heteroatoms. The average molecular weight is 283 g/mol. The van der Waals surface area contributed by atoms with Crippen LogP contribution in [0.4, 0.5) is 4.39 Å². The highest BCUT2D eigenvalue weighted by Gasteiger charge is 2.11. The average Bonchev–Trinajstić information content (AvgIpc) is 2.52. The van der Waals surface area contributed by atoms with E-state index in [1.54, 1.807) is 18.3 Å². The molecule has 2 aromatic rings. The first-order chi connectivity index (χ1) is 10.2. The molecular weight excluding hydrogens is 269 g/mol. The fraction of sp³-hybridized carbons (Fsp3) is 0.125. The van der Waals surface area contributed by atoms with E-state index in [9.17, 15) is 9.18 Å². The van der Waals surface area contributed by atoms with Crippen molar-refractivity contribution in [2.75, 3.05) is 6.54 Å². The summed E-state index contributed by atoms with van der Waals surface area (Å²) in [6, 6.07) is 9.30. The molecule has 1 aromatic heterocycles. The molecule has 0 unspecified atom stereocenters. The second-order valence-corrected chi connectivity index (χ2v) is 4.20. The molecule has 0 radical (unpaired) electrons. The third-order valence-corrected chi connectivity index (χ3v) is 2.71. The maximum atomic E-state index is 13.3. The summed E-state index contributed by atoms with van der Waals surface area (Å²) in [6.07, 6.45) is 1.64. The van der Waals surface area contributed by atoms with E-state index in [1.807, 2.05) is 6.07 Å². The lowest BCUT2D eigenvalue weighted by atomic mass is 10.1. The Labute approximate surface area is 122 Å². The molecule has 1 heterocycles. The van der Waals surface area contributed by atoms with Crippen LogP contribution in [0.1, 0.15) is 21.6 Å². The van der Waals surface area contributed by atoms with E-state index < -0.39 is 11.7 Å². The fourth-order valence-corrected chi connectivity index (χ4v) is 1.73. The predicted molar refractivity (Wildman–Crippen MR) is 77.7 cm³/mol. The van der Waals surface area contributed by atoms with Gasteiger partial charge < -0.3 is 11.1 Å². The van der Waals surface area contributed by atoms with Crippen molar-refractivity contribution in [1.29, 1.82) is 0 Å². The minimum atomic E-state index is -0.490. The lowest BCUT2D eigenvalue weighted by molar-refractivity contribution is 0.0949. The van der Waals surface area contributed by atoms with Crippen molar-refractivity contribution in [1.82, 2.24) is 10.3 Å². The molecule has 0 aliphatic carbocycles. The first-order valence-corrected chi connectivity index (χ1v) is 6.37. The minimum absolute atomic E-state index is 0.173. The van der Waals surface area contributed by atoms with Gasteiger partial charge in [0.2, 0.25) is 0 Å². The van der Waals surface area contributed by atoms with Crippen LogP contribution < -0.4 is 11.1 Å². The Morgan fingerprint density at radius 1 is 1.33 bits per heavy atom. The summed E-state index contributed by atoms with van der Waals surface area (Å²) in [5, 5.41) is 2.69. The monoisotopic (exact) mass is 283 g/mol. The van der Waals surface area contributed by atoms with Crippen molar-refractivity contribution >= 4 is 5.91 Å². The number of rotatable bonds is 3. The van der Waals surface area contributed by atoms with Crippen LogP contribution in [0.25, 0.3) is 0 Å². The van der Waals surface area contributed by atoms with E-state index in [0.29, 0.717) is 5.56 Å². The number of halogens is 1. The number of hydrogen-bond acceptors (Lipinski definition) is 3. The van der Waals surface area contributed by atoms with Gasteiger partial charge in [-0.25, -0.2) is 4.39 Å². The molecule has 1 aromatic carbocycles. The number of pyridine rings is 1. The molecular formula is C16H14FN3O. The molecule has 0 bridgehead atoms. The summed E-state index contributed by atoms with van der Waals surface area (Å²) in [7, 11) is 0. The zero-order valence-electron chi connectivity index (χ0n) is 11.3. The second kappa shape index (κ2) is 7.17. The third-order valence-electron chi connectivity index (χ3n) is 2.71. The van der Waals surface area contributed by atoms with Gasteiger partial charge in [-0.3, -0.25) is 9.78 Å². The number of carbonyl (C=O) groups is 1. The number of amides is 1. The van der Waals surface area contributed by atoms with Gasteiger partial charge in [0.05, 0.1) is 24.3 Å². The van der Waals surface area contributed by atoms with Crippen molar-refractivity contribution in [2.45, 2.75) is 6.54 Å². The Morgan fingerprint density at radius 2 is 2.19 bits per heavy atom. The number of carbonyl (C=O) groups excluding carboxylic acids is 1. The van der Waals surface area contributed by atoms with Gasteiger partial charge in [-0.2, -0.15) is 0 Å². The van der Waals surface area contributed by atoms with Crippen molar-refractivity contribution in [2.24, 2.45) is 5.73 Å². The highest BCUT2D eigenvalue weighted by Crippen LogP contribution is 2.10. The van der Waals surface area contributed by atoms with Crippen LogP contribution in [-0.4, -0.2) is 17.4 Å². The van der Waals surface area contributed by atoms with Crippen molar-refractivity contribution < 1.29 is 9.18 Å². The Bertz CT molecular complexity index is 690. The maximum absolute atomic E-state index is 13.3. The number of hydrogen-bond donors (Lipinski definition) is 2. The van der Waals surface area contributed by atoms with E-state index in [2.05, 4.69) is 22.1 Å². The molecule has 0 aliphatic rings. The minimum Gasteiger partial charge on any atom is -0.346 e. The summed E-state index contributed by atoms with van der Waals surface area (Å²) in [6.45, 7) is 0.437. The number of nitrogens with two attached hydrogens (primary N) is 1. The van der Waals surface area contributed by atoms with Gasteiger partial charge >= 0.3 is 0 Å². The molecule has 0 aliphatic heterocycles. The molecule has 0 fully saturated rings. The van der Waals surface area contributed by atoms with Gasteiger partial charge in [0.1, 0.15) is 5.82 Å². The fourth-order valence-electron chi connectivity index (χ4n) is 1.73. The SMILES string of the molecule is NCC#Cc1ccc(F)cc1C(=O)NCc1ccccn1. The number of benzene rings is 1. The molecule has 1 amide bonds. The molecule has 0 spiro atoms. The van der Waals surface area contributed by atoms with Gasteiger partial charge in [-0.05, 0) is 30.3 Å². The van der Waals surface area contributed by atoms with E-state index in [1.165, 1.54) is 12.1 Å². The normalized spacial score (nSPS) is 9.62. The highest BCUT2D eigenvalue weighted by atomic mass is 19.1. The van der Waals surface area contributed by atoms with Crippen LogP contribution in [0, 0.1) is 17.7 Å². The number of nitrogens with one attached hydrogen (secondary N) is 1. The standard InChI is InChI=1S/C16H14FN3O/c17-13-7-6-12(4-3-8-18)15(10-13)16(21)20-11-14-5-1-2-9-19-14/h1-2,5-7,9-10H,8,11,18H2,(H,20,21). The Balaban J connectivity index is 2.16. The first-order valence-electron chi connectivity index (χ1n) is 6.37. The summed E-state index contributed by atoms with van der Waals surface area (Å²) < 4.78 is 13.3. The Morgan fingerprint density at radius 3 is 2.90 bits per heavy atom. The zero-order chi connectivity index (χ0) is 15.1. The van der Waals surface area contributed by atoms with Crippen LogP contribution >= 0.6 is 0 Å². The third kappa shape index (κ3) is 4.13. The molecule has 3 N–H and O–H groups in total. The van der Waals surface area contributed by atoms with Gasteiger partial charge in [-0.15, -0.1) is 0 Å². The molecule has 0 atom stereocenters. The van der Waals surface area contributed by atoms with Crippen LogP contribution in [0.2, 0.25) is 0 Å². The summed E-state index contributed by atoms with van der Waals surface area (Å²) in [4.78, 5) is 16.3. The number of nitrogens with zero attached hydrogens (tertiary/aromatic N) is 1. The van der Waals surface area contributed by atoms with Crippen LogP contribution in [0.3, 0.4) is 0 Å². The van der Waals surface area contributed by atoms with E-state index >= 15 is 0 Å². The summed E-state index contributed by atoms with van der Waals surface area (Å²) >= 11 is 0. The lowest BCUT2D eigenvalue weighted by Crippen LogP contribution is -2.24. The van der Waals surface area contributed by atoms with E-state index in [4.69, 9.17) is 5.73 Å². The predicted octanol–water partition coefficient (Wildman–Crippen LogP) is 1.46. The number of aromatic nitrogens is 1. The van der Waals surface area contributed by atoms with Crippen LogP contribution in [0.5, 0.6) is 0 Å².